The Morgan fingerprint density at radius 2 is 1.49 bits per heavy atom. The lowest BCUT2D eigenvalue weighted by atomic mass is 10.1. The summed E-state index contributed by atoms with van der Waals surface area (Å²) >= 11 is 0. The predicted octanol–water partition coefficient (Wildman–Crippen LogP) is 7.57. The minimum absolute atomic E-state index is 0.122. The zero-order chi connectivity index (χ0) is 28.6. The molecule has 0 aliphatic carbocycles. The molecule has 0 radical (unpaired) electrons. The van der Waals surface area contributed by atoms with Crippen LogP contribution in [0.4, 0.5) is 31.0 Å². The first-order chi connectivity index (χ1) is 20.0. The fourth-order valence-corrected chi connectivity index (χ4v) is 3.93. The number of ether oxygens (including phenoxy) is 3. The normalized spacial score (nSPS) is 10.5. The topological polar surface area (TPSA) is 111 Å². The van der Waals surface area contributed by atoms with Crippen LogP contribution in [0.1, 0.15) is 5.56 Å². The van der Waals surface area contributed by atoms with Gasteiger partial charge in [0, 0.05) is 29.0 Å². The summed E-state index contributed by atoms with van der Waals surface area (Å²) in [6.07, 6.45) is 0.970. The molecule has 9 nitrogen and oxygen atoms in total. The highest BCUT2D eigenvalue weighted by Crippen LogP contribution is 2.36. The van der Waals surface area contributed by atoms with Gasteiger partial charge >= 0.3 is 12.1 Å². The number of benzene rings is 4. The highest BCUT2D eigenvalue weighted by atomic mass is 19.1. The maximum absolute atomic E-state index is 13.1. The van der Waals surface area contributed by atoms with E-state index in [2.05, 4.69) is 20.9 Å². The second-order valence-electron chi connectivity index (χ2n) is 8.78. The van der Waals surface area contributed by atoms with E-state index in [9.17, 15) is 14.0 Å². The average molecular weight is 553 g/mol. The third-order valence-electron chi connectivity index (χ3n) is 5.91. The number of aromatic nitrogens is 1. The van der Waals surface area contributed by atoms with Crippen molar-refractivity contribution in [2.24, 2.45) is 0 Å². The van der Waals surface area contributed by atoms with Gasteiger partial charge in [0.1, 0.15) is 29.7 Å². The zero-order valence-electron chi connectivity index (χ0n) is 21.9. The Morgan fingerprint density at radius 3 is 2.17 bits per heavy atom. The van der Waals surface area contributed by atoms with Crippen LogP contribution in [0.25, 0.3) is 10.9 Å². The van der Waals surface area contributed by atoms with Gasteiger partial charge in [-0.2, -0.15) is 0 Å². The largest absolute Gasteiger partial charge is 0.494 e. The molecular weight excluding hydrogens is 527 g/mol. The fraction of sp³-hybridized carbons (Fsp3) is 0.0645. The van der Waals surface area contributed by atoms with Crippen LogP contribution in [0.15, 0.2) is 103 Å². The number of methoxy groups -OCH3 is 1. The van der Waals surface area contributed by atoms with Crippen LogP contribution in [0.5, 0.6) is 17.2 Å². The van der Waals surface area contributed by atoms with Crippen molar-refractivity contribution in [3.63, 3.8) is 0 Å². The Hall–Kier alpha value is -5.64. The first-order valence-corrected chi connectivity index (χ1v) is 12.5. The lowest BCUT2D eigenvalue weighted by molar-refractivity contribution is 0.155. The fourth-order valence-electron chi connectivity index (χ4n) is 3.93. The molecule has 1 heterocycles. The molecular formula is C31H25FN4O5. The Bertz CT molecular complexity index is 1660. The summed E-state index contributed by atoms with van der Waals surface area (Å²) in [5.74, 6) is 1.03. The minimum Gasteiger partial charge on any atom is -0.494 e. The number of amides is 3. The van der Waals surface area contributed by atoms with Crippen molar-refractivity contribution in [1.82, 2.24) is 4.98 Å². The molecule has 0 atom stereocenters. The molecule has 0 aliphatic heterocycles. The number of rotatable bonds is 8. The molecule has 0 saturated carbocycles. The van der Waals surface area contributed by atoms with Gasteiger partial charge < -0.3 is 24.8 Å². The quantitative estimate of drug-likeness (QED) is 0.183. The molecule has 0 unspecified atom stereocenters. The Labute approximate surface area is 234 Å². The van der Waals surface area contributed by atoms with E-state index in [1.807, 2.05) is 30.3 Å². The van der Waals surface area contributed by atoms with Crippen LogP contribution in [0.3, 0.4) is 0 Å². The summed E-state index contributed by atoms with van der Waals surface area (Å²) in [6, 6.07) is 26.2. The third-order valence-corrected chi connectivity index (χ3v) is 5.91. The lowest BCUT2D eigenvalue weighted by Gasteiger charge is -2.14. The number of nitrogens with one attached hydrogen (secondary N) is 3. The Balaban J connectivity index is 1.27. The molecule has 41 heavy (non-hydrogen) atoms. The average Bonchev–Trinajstić information content (AvgIpc) is 2.99. The molecule has 0 bridgehead atoms. The molecule has 0 saturated heterocycles. The number of fused-ring (bicyclic) bond motifs is 1. The van der Waals surface area contributed by atoms with Crippen LogP contribution >= 0.6 is 0 Å². The molecule has 5 aromatic rings. The van der Waals surface area contributed by atoms with E-state index in [4.69, 9.17) is 14.2 Å². The molecule has 0 aliphatic rings. The molecule has 3 N–H and O–H groups in total. The minimum atomic E-state index is -0.635. The maximum atomic E-state index is 13.1. The number of carbonyl (C=O) groups is 2. The van der Waals surface area contributed by atoms with Crippen molar-refractivity contribution in [1.29, 1.82) is 0 Å². The Kier molecular flexibility index (Phi) is 8.20. The van der Waals surface area contributed by atoms with Gasteiger partial charge in [0.25, 0.3) is 0 Å². The van der Waals surface area contributed by atoms with E-state index in [1.165, 1.54) is 31.4 Å². The highest BCUT2D eigenvalue weighted by molar-refractivity contribution is 5.99. The van der Waals surface area contributed by atoms with Crippen molar-refractivity contribution in [2.45, 2.75) is 6.61 Å². The monoisotopic (exact) mass is 552 g/mol. The van der Waals surface area contributed by atoms with E-state index in [0.29, 0.717) is 45.2 Å². The van der Waals surface area contributed by atoms with Gasteiger partial charge in [0.2, 0.25) is 0 Å². The lowest BCUT2D eigenvalue weighted by Crippen LogP contribution is -2.19. The highest BCUT2D eigenvalue weighted by Gasteiger charge is 2.14. The van der Waals surface area contributed by atoms with E-state index in [1.54, 1.807) is 48.7 Å². The van der Waals surface area contributed by atoms with Crippen LogP contribution in [-0.2, 0) is 11.3 Å². The van der Waals surface area contributed by atoms with Gasteiger partial charge in [0.15, 0.2) is 0 Å². The van der Waals surface area contributed by atoms with Crippen molar-refractivity contribution >= 4 is 40.1 Å². The number of urea groups is 1. The number of nitrogens with zero attached hydrogens (tertiary/aromatic N) is 1. The third kappa shape index (κ3) is 7.07. The van der Waals surface area contributed by atoms with Gasteiger partial charge in [-0.3, -0.25) is 10.3 Å². The first kappa shape index (κ1) is 26.9. The van der Waals surface area contributed by atoms with E-state index in [0.717, 1.165) is 5.56 Å². The van der Waals surface area contributed by atoms with Crippen LogP contribution in [-0.4, -0.2) is 24.2 Å². The smallest absolute Gasteiger partial charge is 0.412 e. The van der Waals surface area contributed by atoms with Crippen molar-refractivity contribution in [3.05, 3.63) is 115 Å². The summed E-state index contributed by atoms with van der Waals surface area (Å²) in [7, 11) is 1.50. The maximum Gasteiger partial charge on any atom is 0.412 e. The van der Waals surface area contributed by atoms with Crippen LogP contribution in [0, 0.1) is 5.82 Å². The molecule has 5 rings (SSSR count). The molecule has 10 heteroatoms. The van der Waals surface area contributed by atoms with Gasteiger partial charge in [-0.25, -0.2) is 14.0 Å². The SMILES string of the molecule is COc1cc2nccc(Oc3ccc(NC(=O)Nc4ccc(F)cc4)cc3)c2cc1NC(=O)OCc1ccccc1. The molecule has 206 valence electrons. The van der Waals surface area contributed by atoms with Crippen molar-refractivity contribution in [2.75, 3.05) is 23.1 Å². The second-order valence-corrected chi connectivity index (χ2v) is 8.78. The summed E-state index contributed by atoms with van der Waals surface area (Å²) in [5, 5.41) is 8.70. The van der Waals surface area contributed by atoms with Gasteiger partial charge in [-0.05, 0) is 66.2 Å². The number of halogens is 1. The summed E-state index contributed by atoms with van der Waals surface area (Å²) in [6.45, 7) is 0.122. The molecule has 1 aromatic heterocycles. The molecule has 0 fully saturated rings. The summed E-state index contributed by atoms with van der Waals surface area (Å²) in [4.78, 5) is 29.2. The van der Waals surface area contributed by atoms with Crippen LogP contribution < -0.4 is 25.4 Å². The molecule has 4 aromatic carbocycles. The van der Waals surface area contributed by atoms with Gasteiger partial charge in [-0.15, -0.1) is 0 Å². The number of pyridine rings is 1. The first-order valence-electron chi connectivity index (χ1n) is 12.5. The van der Waals surface area contributed by atoms with E-state index >= 15 is 0 Å². The standard InChI is InChI=1S/C31H25FN4O5/c1-39-29-18-26-25(17-27(29)36-31(38)40-19-20-5-3-2-4-6-20)28(15-16-33-26)41-24-13-11-23(12-14-24)35-30(37)34-22-9-7-21(32)8-10-22/h2-18H,19H2,1H3,(H,36,38)(H2,34,35,37). The number of carbonyl (C=O) groups excluding carboxylic acids is 2. The van der Waals surface area contributed by atoms with Crippen LogP contribution in [0.2, 0.25) is 0 Å². The predicted molar refractivity (Wildman–Crippen MR) is 154 cm³/mol. The van der Waals surface area contributed by atoms with Crippen molar-refractivity contribution < 1.29 is 28.2 Å². The second kappa shape index (κ2) is 12.5. The van der Waals surface area contributed by atoms with Gasteiger partial charge in [-0.1, -0.05) is 30.3 Å². The summed E-state index contributed by atoms with van der Waals surface area (Å²) in [5.41, 5.74) is 2.84. The van der Waals surface area contributed by atoms with E-state index in [-0.39, 0.29) is 12.4 Å². The Morgan fingerprint density at radius 1 is 0.805 bits per heavy atom. The molecule has 0 spiro atoms. The van der Waals surface area contributed by atoms with E-state index < -0.39 is 12.1 Å². The van der Waals surface area contributed by atoms with Gasteiger partial charge in [0.05, 0.1) is 18.3 Å². The molecule has 3 amide bonds. The number of anilines is 3. The number of hydrogen-bond donors (Lipinski definition) is 3. The van der Waals surface area contributed by atoms with Crippen molar-refractivity contribution in [3.8, 4) is 17.2 Å². The summed E-state index contributed by atoms with van der Waals surface area (Å²) < 4.78 is 30.0. The zero-order valence-corrected chi connectivity index (χ0v) is 21.9. The number of hydrogen-bond acceptors (Lipinski definition) is 6.